The van der Waals surface area contributed by atoms with E-state index < -0.39 is 0 Å². The van der Waals surface area contributed by atoms with Crippen molar-refractivity contribution in [2.45, 2.75) is 17.4 Å². The molecule has 1 N–H and O–H groups in total. The van der Waals surface area contributed by atoms with Crippen molar-refractivity contribution in [2.75, 3.05) is 11.1 Å². The first kappa shape index (κ1) is 12.1. The van der Waals surface area contributed by atoms with Gasteiger partial charge >= 0.3 is 0 Å². The van der Waals surface area contributed by atoms with E-state index in [1.165, 1.54) is 16.2 Å². The average Bonchev–Trinajstić information content (AvgIpc) is 2.42. The highest BCUT2D eigenvalue weighted by Crippen LogP contribution is 2.37. The molecule has 0 amide bonds. The summed E-state index contributed by atoms with van der Waals surface area (Å²) in [5, 5.41) is 3.57. The van der Waals surface area contributed by atoms with Gasteiger partial charge in [0.15, 0.2) is 0 Å². The molecule has 1 aliphatic rings. The minimum atomic E-state index is 0.394. The number of hydrogen-bond acceptors (Lipinski definition) is 3. The molecule has 18 heavy (non-hydrogen) atoms. The molecule has 1 aromatic carbocycles. The molecule has 0 aliphatic carbocycles. The van der Waals surface area contributed by atoms with Crippen molar-refractivity contribution >= 4 is 33.4 Å². The first-order valence-corrected chi connectivity index (χ1v) is 7.70. The number of aromatic nitrogens is 1. The molecule has 0 saturated carbocycles. The maximum atomic E-state index is 4.25. The van der Waals surface area contributed by atoms with Crippen LogP contribution in [0.4, 0.5) is 5.69 Å². The fourth-order valence-corrected chi connectivity index (χ4v) is 3.51. The van der Waals surface area contributed by atoms with Crippen LogP contribution < -0.4 is 5.32 Å². The number of benzene rings is 1. The predicted octanol–water partition coefficient (Wildman–Crippen LogP) is 4.49. The molecular formula is C14H13BrN2S. The maximum Gasteiger partial charge on any atom is 0.106 e. The minimum absolute atomic E-state index is 0.394. The van der Waals surface area contributed by atoms with Gasteiger partial charge in [-0.1, -0.05) is 18.2 Å². The van der Waals surface area contributed by atoms with E-state index in [1.54, 1.807) is 0 Å². The molecule has 1 atom stereocenters. The number of hydrogen-bond donors (Lipinski definition) is 1. The topological polar surface area (TPSA) is 24.9 Å². The van der Waals surface area contributed by atoms with Gasteiger partial charge in [0.1, 0.15) is 4.60 Å². The molecule has 92 valence electrons. The van der Waals surface area contributed by atoms with Gasteiger partial charge in [-0.2, -0.15) is 0 Å². The van der Waals surface area contributed by atoms with E-state index in [-0.39, 0.29) is 0 Å². The Balaban J connectivity index is 1.84. The molecule has 0 fully saturated rings. The Kier molecular flexibility index (Phi) is 3.57. The Bertz CT molecular complexity index is 542. The highest BCUT2D eigenvalue weighted by molar-refractivity contribution is 9.10. The third-order valence-corrected chi connectivity index (χ3v) is 4.62. The number of thioether (sulfide) groups is 1. The van der Waals surface area contributed by atoms with Gasteiger partial charge in [-0.3, -0.25) is 0 Å². The summed E-state index contributed by atoms with van der Waals surface area (Å²) >= 11 is 5.30. The molecular weight excluding hydrogens is 308 g/mol. The molecule has 1 unspecified atom stereocenters. The van der Waals surface area contributed by atoms with E-state index in [9.17, 15) is 0 Å². The molecule has 1 aromatic heterocycles. The van der Waals surface area contributed by atoms with Crippen LogP contribution in [0.15, 0.2) is 52.1 Å². The Morgan fingerprint density at radius 2 is 2.11 bits per heavy atom. The third kappa shape index (κ3) is 2.54. The van der Waals surface area contributed by atoms with Crippen LogP contribution in [-0.4, -0.2) is 10.7 Å². The largest absolute Gasteiger partial charge is 0.377 e. The van der Waals surface area contributed by atoms with Gasteiger partial charge in [0.25, 0.3) is 0 Å². The molecule has 0 bridgehead atoms. The van der Waals surface area contributed by atoms with Crippen molar-refractivity contribution in [1.29, 1.82) is 0 Å². The van der Waals surface area contributed by atoms with Gasteiger partial charge in [-0.15, -0.1) is 11.8 Å². The summed E-state index contributed by atoms with van der Waals surface area (Å²) in [5.74, 6) is 1.17. The van der Waals surface area contributed by atoms with Crippen LogP contribution in [0.25, 0.3) is 0 Å². The van der Waals surface area contributed by atoms with E-state index in [4.69, 9.17) is 0 Å². The van der Waals surface area contributed by atoms with Crippen LogP contribution >= 0.6 is 27.7 Å². The number of anilines is 1. The number of halogens is 1. The standard InChI is InChI=1S/C14H13BrN2S/c15-14-6-5-10(9-16-14)17-12-7-8-18-13-4-2-1-3-11(12)13/h1-6,9,12,17H,7-8H2. The molecule has 0 spiro atoms. The Morgan fingerprint density at radius 1 is 1.22 bits per heavy atom. The number of nitrogens with one attached hydrogen (secondary N) is 1. The molecule has 2 heterocycles. The SMILES string of the molecule is Brc1ccc(NC2CCSc3ccccc32)cn1. The van der Waals surface area contributed by atoms with Gasteiger partial charge in [0.05, 0.1) is 17.9 Å². The molecule has 0 radical (unpaired) electrons. The lowest BCUT2D eigenvalue weighted by atomic mass is 10.0. The van der Waals surface area contributed by atoms with Gasteiger partial charge in [0.2, 0.25) is 0 Å². The molecule has 4 heteroatoms. The quantitative estimate of drug-likeness (QED) is 0.825. The smallest absolute Gasteiger partial charge is 0.106 e. The van der Waals surface area contributed by atoms with Crippen LogP contribution in [0.1, 0.15) is 18.0 Å². The van der Waals surface area contributed by atoms with Crippen molar-refractivity contribution in [3.63, 3.8) is 0 Å². The van der Waals surface area contributed by atoms with Crippen molar-refractivity contribution in [3.05, 3.63) is 52.8 Å². The highest BCUT2D eigenvalue weighted by atomic mass is 79.9. The normalized spacial score (nSPS) is 18.2. The van der Waals surface area contributed by atoms with Crippen LogP contribution in [0, 0.1) is 0 Å². The highest BCUT2D eigenvalue weighted by Gasteiger charge is 2.19. The fourth-order valence-electron chi connectivity index (χ4n) is 2.15. The van der Waals surface area contributed by atoms with Crippen molar-refractivity contribution in [1.82, 2.24) is 4.98 Å². The molecule has 2 aromatic rings. The Morgan fingerprint density at radius 3 is 2.94 bits per heavy atom. The number of rotatable bonds is 2. The Labute approximate surface area is 119 Å². The summed E-state index contributed by atoms with van der Waals surface area (Å²) in [5.41, 5.74) is 2.47. The lowest BCUT2D eigenvalue weighted by molar-refractivity contribution is 0.728. The lowest BCUT2D eigenvalue weighted by Crippen LogP contribution is -2.16. The molecule has 0 saturated heterocycles. The van der Waals surface area contributed by atoms with Crippen LogP contribution in [0.5, 0.6) is 0 Å². The second-order valence-electron chi connectivity index (χ2n) is 4.24. The van der Waals surface area contributed by atoms with E-state index in [2.05, 4.69) is 56.6 Å². The van der Waals surface area contributed by atoms with Crippen molar-refractivity contribution in [2.24, 2.45) is 0 Å². The monoisotopic (exact) mass is 320 g/mol. The van der Waals surface area contributed by atoms with Crippen LogP contribution in [0.2, 0.25) is 0 Å². The van der Waals surface area contributed by atoms with Crippen molar-refractivity contribution < 1.29 is 0 Å². The van der Waals surface area contributed by atoms with Gasteiger partial charge < -0.3 is 5.32 Å². The summed E-state index contributed by atoms with van der Waals surface area (Å²) in [6.07, 6.45) is 3.02. The third-order valence-electron chi connectivity index (χ3n) is 3.03. The summed E-state index contributed by atoms with van der Waals surface area (Å²) < 4.78 is 0.868. The predicted molar refractivity (Wildman–Crippen MR) is 80.1 cm³/mol. The zero-order valence-electron chi connectivity index (χ0n) is 9.77. The minimum Gasteiger partial charge on any atom is -0.377 e. The van der Waals surface area contributed by atoms with E-state index >= 15 is 0 Å². The lowest BCUT2D eigenvalue weighted by Gasteiger charge is -2.26. The van der Waals surface area contributed by atoms with Crippen molar-refractivity contribution in [3.8, 4) is 0 Å². The fraction of sp³-hybridized carbons (Fsp3) is 0.214. The second kappa shape index (κ2) is 5.33. The first-order chi connectivity index (χ1) is 8.83. The summed E-state index contributed by atoms with van der Waals surface area (Å²) in [6, 6.07) is 13.0. The molecule has 3 rings (SSSR count). The summed E-state index contributed by atoms with van der Waals surface area (Å²) in [7, 11) is 0. The van der Waals surface area contributed by atoms with E-state index in [1.807, 2.05) is 24.0 Å². The zero-order valence-corrected chi connectivity index (χ0v) is 12.2. The second-order valence-corrected chi connectivity index (χ2v) is 6.19. The van der Waals surface area contributed by atoms with Crippen LogP contribution in [-0.2, 0) is 0 Å². The number of nitrogens with zero attached hydrogens (tertiary/aromatic N) is 1. The zero-order chi connectivity index (χ0) is 12.4. The molecule has 1 aliphatic heterocycles. The first-order valence-electron chi connectivity index (χ1n) is 5.93. The maximum absolute atomic E-state index is 4.25. The average molecular weight is 321 g/mol. The summed E-state index contributed by atoms with van der Waals surface area (Å²) in [6.45, 7) is 0. The molecule has 2 nitrogen and oxygen atoms in total. The summed E-state index contributed by atoms with van der Waals surface area (Å²) in [4.78, 5) is 5.64. The number of pyridine rings is 1. The van der Waals surface area contributed by atoms with E-state index in [0.717, 1.165) is 16.7 Å². The van der Waals surface area contributed by atoms with Gasteiger partial charge in [0, 0.05) is 10.6 Å². The van der Waals surface area contributed by atoms with Gasteiger partial charge in [-0.05, 0) is 46.1 Å². The van der Waals surface area contributed by atoms with Crippen LogP contribution in [0.3, 0.4) is 0 Å². The number of fused-ring (bicyclic) bond motifs is 1. The van der Waals surface area contributed by atoms with Gasteiger partial charge in [-0.25, -0.2) is 4.98 Å². The Hall–Kier alpha value is -1.00. The van der Waals surface area contributed by atoms with E-state index in [0.29, 0.717) is 6.04 Å².